The lowest BCUT2D eigenvalue weighted by molar-refractivity contribution is -0.155. The summed E-state index contributed by atoms with van der Waals surface area (Å²) in [7, 11) is 0. The van der Waals surface area contributed by atoms with Gasteiger partial charge < -0.3 is 18.6 Å². The van der Waals surface area contributed by atoms with Gasteiger partial charge in [-0.05, 0) is 30.2 Å². The van der Waals surface area contributed by atoms with Crippen LogP contribution < -0.4 is 15.1 Å². The molecule has 0 saturated carbocycles. The summed E-state index contributed by atoms with van der Waals surface area (Å²) in [6, 6.07) is 14.1. The van der Waals surface area contributed by atoms with Crippen molar-refractivity contribution < 1.29 is 23.4 Å². The van der Waals surface area contributed by atoms with Crippen molar-refractivity contribution in [3.63, 3.8) is 0 Å². The molecule has 6 nitrogen and oxygen atoms in total. The fraction of sp³-hybridized carbons (Fsp3) is 0.238. The van der Waals surface area contributed by atoms with Gasteiger partial charge in [-0.3, -0.25) is 0 Å². The first-order valence-electron chi connectivity index (χ1n) is 8.75. The summed E-state index contributed by atoms with van der Waals surface area (Å²) in [5.41, 5.74) is 1.66. The van der Waals surface area contributed by atoms with Gasteiger partial charge in [0.25, 0.3) is 0 Å². The maximum Gasteiger partial charge on any atom is 0.351 e. The molecule has 1 aliphatic rings. The number of hydrogen-bond donors (Lipinski definition) is 0. The van der Waals surface area contributed by atoms with E-state index in [4.69, 9.17) is 18.6 Å². The number of esters is 1. The molecular weight excluding hydrogens is 348 g/mol. The van der Waals surface area contributed by atoms with Crippen molar-refractivity contribution in [2.24, 2.45) is 0 Å². The number of para-hydroxylation sites is 2. The minimum Gasteiger partial charge on any atom is -0.485 e. The highest BCUT2D eigenvalue weighted by Gasteiger charge is 2.28. The molecule has 138 valence electrons. The van der Waals surface area contributed by atoms with Gasteiger partial charge in [0.2, 0.25) is 6.10 Å². The topological polar surface area (TPSA) is 75.0 Å². The maximum atomic E-state index is 12.4. The van der Waals surface area contributed by atoms with Crippen LogP contribution in [-0.2, 0) is 22.6 Å². The van der Waals surface area contributed by atoms with Crippen LogP contribution in [0.5, 0.6) is 11.5 Å². The molecule has 0 aliphatic carbocycles. The molecule has 0 saturated heterocycles. The molecular formula is C21H18O6. The van der Waals surface area contributed by atoms with Crippen LogP contribution in [-0.4, -0.2) is 18.7 Å². The van der Waals surface area contributed by atoms with Gasteiger partial charge in [-0.2, -0.15) is 0 Å². The molecule has 0 fully saturated rings. The Morgan fingerprint density at radius 3 is 2.78 bits per heavy atom. The SMILES string of the molecule is CCc1ccc2c(COC(=O)[C@H]3COc4ccccc4O3)cc(=O)oc2c1. The molecule has 1 aromatic heterocycles. The molecule has 3 aromatic rings. The van der Waals surface area contributed by atoms with Crippen molar-refractivity contribution in [2.75, 3.05) is 6.61 Å². The van der Waals surface area contributed by atoms with E-state index in [2.05, 4.69) is 0 Å². The van der Waals surface area contributed by atoms with Gasteiger partial charge in [-0.25, -0.2) is 9.59 Å². The van der Waals surface area contributed by atoms with Crippen LogP contribution >= 0.6 is 0 Å². The Labute approximate surface area is 155 Å². The Bertz CT molecular complexity index is 1050. The first kappa shape index (κ1) is 17.1. The van der Waals surface area contributed by atoms with Crippen LogP contribution in [0.4, 0.5) is 0 Å². The van der Waals surface area contributed by atoms with Gasteiger partial charge >= 0.3 is 11.6 Å². The van der Waals surface area contributed by atoms with Crippen LogP contribution in [0.15, 0.2) is 57.7 Å². The standard InChI is InChI=1S/C21H18O6/c1-2-13-7-8-15-14(10-20(22)27-18(15)9-13)11-25-21(23)19-12-24-16-5-3-4-6-17(16)26-19/h3-10,19H,2,11-12H2,1H3/t19-/m1/s1. The average molecular weight is 366 g/mol. The van der Waals surface area contributed by atoms with E-state index < -0.39 is 17.7 Å². The van der Waals surface area contributed by atoms with E-state index in [0.29, 0.717) is 22.6 Å². The summed E-state index contributed by atoms with van der Waals surface area (Å²) in [6.07, 6.45) is -0.0164. The molecule has 4 rings (SSSR count). The van der Waals surface area contributed by atoms with E-state index in [9.17, 15) is 9.59 Å². The first-order valence-corrected chi connectivity index (χ1v) is 8.75. The van der Waals surface area contributed by atoms with E-state index >= 15 is 0 Å². The number of benzene rings is 2. The lowest BCUT2D eigenvalue weighted by Crippen LogP contribution is -2.37. The smallest absolute Gasteiger partial charge is 0.351 e. The molecule has 1 atom stereocenters. The average Bonchev–Trinajstić information content (AvgIpc) is 2.70. The van der Waals surface area contributed by atoms with Crippen LogP contribution in [0.2, 0.25) is 0 Å². The maximum absolute atomic E-state index is 12.4. The molecule has 6 heteroatoms. The summed E-state index contributed by atoms with van der Waals surface area (Å²) in [6.45, 7) is 2.05. The quantitative estimate of drug-likeness (QED) is 0.521. The third-order valence-electron chi connectivity index (χ3n) is 4.44. The minimum absolute atomic E-state index is 0.0477. The number of fused-ring (bicyclic) bond motifs is 2. The van der Waals surface area contributed by atoms with E-state index in [1.54, 1.807) is 18.2 Å². The third-order valence-corrected chi connectivity index (χ3v) is 4.44. The van der Waals surface area contributed by atoms with Crippen LogP contribution in [0.1, 0.15) is 18.1 Å². The lowest BCUT2D eigenvalue weighted by Gasteiger charge is -2.24. The number of carbonyl (C=O) groups is 1. The Kier molecular flexibility index (Phi) is 4.54. The van der Waals surface area contributed by atoms with Crippen molar-refractivity contribution in [2.45, 2.75) is 26.1 Å². The lowest BCUT2D eigenvalue weighted by atomic mass is 10.1. The van der Waals surface area contributed by atoms with Gasteiger partial charge in [-0.1, -0.05) is 31.2 Å². The second-order valence-corrected chi connectivity index (χ2v) is 6.25. The highest BCUT2D eigenvalue weighted by molar-refractivity contribution is 5.81. The molecule has 0 radical (unpaired) electrons. The van der Waals surface area contributed by atoms with Gasteiger partial charge in [0, 0.05) is 17.0 Å². The molecule has 2 aromatic carbocycles. The van der Waals surface area contributed by atoms with Gasteiger partial charge in [-0.15, -0.1) is 0 Å². The van der Waals surface area contributed by atoms with Crippen molar-refractivity contribution in [3.8, 4) is 11.5 Å². The number of rotatable bonds is 4. The predicted molar refractivity (Wildman–Crippen MR) is 98.0 cm³/mol. The summed E-state index contributed by atoms with van der Waals surface area (Å²) in [5, 5.41) is 0.741. The highest BCUT2D eigenvalue weighted by atomic mass is 16.6. The van der Waals surface area contributed by atoms with Gasteiger partial charge in [0.15, 0.2) is 11.5 Å². The second kappa shape index (κ2) is 7.15. The number of carbonyl (C=O) groups excluding carboxylic acids is 1. The van der Waals surface area contributed by atoms with Gasteiger partial charge in [0.1, 0.15) is 18.8 Å². The van der Waals surface area contributed by atoms with Crippen molar-refractivity contribution in [3.05, 3.63) is 70.1 Å². The van der Waals surface area contributed by atoms with E-state index in [-0.39, 0.29) is 13.2 Å². The highest BCUT2D eigenvalue weighted by Crippen LogP contribution is 2.31. The molecule has 0 bridgehead atoms. The fourth-order valence-corrected chi connectivity index (χ4v) is 2.99. The van der Waals surface area contributed by atoms with Crippen molar-refractivity contribution >= 4 is 16.9 Å². The van der Waals surface area contributed by atoms with E-state index in [1.807, 2.05) is 31.2 Å². The summed E-state index contributed by atoms with van der Waals surface area (Å²) >= 11 is 0. The largest absolute Gasteiger partial charge is 0.485 e. The second-order valence-electron chi connectivity index (χ2n) is 6.25. The van der Waals surface area contributed by atoms with Crippen LogP contribution in [0.25, 0.3) is 11.0 Å². The molecule has 0 amide bonds. The van der Waals surface area contributed by atoms with Crippen LogP contribution in [0, 0.1) is 0 Å². The number of hydrogen-bond acceptors (Lipinski definition) is 6. The van der Waals surface area contributed by atoms with E-state index in [1.165, 1.54) is 6.07 Å². The molecule has 1 aliphatic heterocycles. The van der Waals surface area contributed by atoms with E-state index in [0.717, 1.165) is 17.4 Å². The van der Waals surface area contributed by atoms with Crippen LogP contribution in [0.3, 0.4) is 0 Å². The summed E-state index contributed by atoms with van der Waals surface area (Å²) < 4.78 is 21.8. The molecule has 0 N–H and O–H groups in total. The summed E-state index contributed by atoms with van der Waals surface area (Å²) in [4.78, 5) is 24.2. The molecule has 0 unspecified atom stereocenters. The van der Waals surface area contributed by atoms with Crippen molar-refractivity contribution in [1.29, 1.82) is 0 Å². The number of aryl methyl sites for hydroxylation is 1. The van der Waals surface area contributed by atoms with Crippen molar-refractivity contribution in [1.82, 2.24) is 0 Å². The predicted octanol–water partition coefficient (Wildman–Crippen LogP) is 3.24. The summed E-state index contributed by atoms with van der Waals surface area (Å²) in [5.74, 6) is 0.555. The van der Waals surface area contributed by atoms with Gasteiger partial charge in [0.05, 0.1) is 0 Å². The first-order chi connectivity index (χ1) is 13.1. The Morgan fingerprint density at radius 1 is 1.15 bits per heavy atom. The zero-order chi connectivity index (χ0) is 18.8. The zero-order valence-corrected chi connectivity index (χ0v) is 14.8. The Hall–Kier alpha value is -3.28. The molecule has 2 heterocycles. The monoisotopic (exact) mass is 366 g/mol. The zero-order valence-electron chi connectivity index (χ0n) is 14.8. The molecule has 27 heavy (non-hydrogen) atoms. The third kappa shape index (κ3) is 3.51. The molecule has 0 spiro atoms. The number of ether oxygens (including phenoxy) is 3. The Morgan fingerprint density at radius 2 is 1.96 bits per heavy atom. The Balaban J connectivity index is 1.50. The minimum atomic E-state index is -0.849. The normalized spacial score (nSPS) is 15.5. The fourth-order valence-electron chi connectivity index (χ4n) is 2.99.